The molecule has 2 aromatic rings. The second-order valence-electron chi connectivity index (χ2n) is 8.99. The molecule has 2 aliphatic carbocycles. The molecule has 2 aliphatic rings. The molecule has 35 heavy (non-hydrogen) atoms. The number of carbonyl (C=O) groups excluding carboxylic acids is 2. The van der Waals surface area contributed by atoms with Crippen LogP contribution < -0.4 is 10.6 Å². The Morgan fingerprint density at radius 2 is 1.57 bits per heavy atom. The lowest BCUT2D eigenvalue weighted by Crippen LogP contribution is -2.53. The van der Waals surface area contributed by atoms with E-state index in [1.54, 1.807) is 0 Å². The maximum Gasteiger partial charge on any atom is 0.407 e. The molecule has 3 atom stereocenters. The Kier molecular flexibility index (Phi) is 7.63. The summed E-state index contributed by atoms with van der Waals surface area (Å²) in [4.78, 5) is 36.8. The summed E-state index contributed by atoms with van der Waals surface area (Å²) in [5.41, 5.74) is 4.10. The van der Waals surface area contributed by atoms with Crippen LogP contribution in [0.1, 0.15) is 49.1 Å². The molecule has 0 saturated heterocycles. The molecular formula is C26H28F2N2O5. The smallest absolute Gasteiger partial charge is 0.407 e. The van der Waals surface area contributed by atoms with Crippen LogP contribution >= 0.6 is 0 Å². The number of carbonyl (C=O) groups is 3. The van der Waals surface area contributed by atoms with Crippen LogP contribution in [0.4, 0.5) is 13.6 Å². The summed E-state index contributed by atoms with van der Waals surface area (Å²) in [6.07, 6.45) is -2.43. The molecule has 1 saturated carbocycles. The first-order valence-corrected chi connectivity index (χ1v) is 11.8. The van der Waals surface area contributed by atoms with Gasteiger partial charge in [-0.2, -0.15) is 0 Å². The van der Waals surface area contributed by atoms with E-state index in [2.05, 4.69) is 10.6 Å². The molecule has 4 rings (SSSR count). The van der Waals surface area contributed by atoms with E-state index in [0.717, 1.165) is 35.1 Å². The van der Waals surface area contributed by atoms with Crippen LogP contribution in [0.3, 0.4) is 0 Å². The summed E-state index contributed by atoms with van der Waals surface area (Å²) in [5, 5.41) is 14.2. The highest BCUT2D eigenvalue weighted by atomic mass is 19.3. The van der Waals surface area contributed by atoms with Gasteiger partial charge in [0.2, 0.25) is 12.3 Å². The minimum absolute atomic E-state index is 0.0212. The quantitative estimate of drug-likeness (QED) is 0.516. The first-order valence-electron chi connectivity index (χ1n) is 11.8. The Morgan fingerprint density at radius 1 is 0.971 bits per heavy atom. The number of carboxylic acids is 1. The Bertz CT molecular complexity index is 1050. The topological polar surface area (TPSA) is 105 Å². The molecule has 3 N–H and O–H groups in total. The van der Waals surface area contributed by atoms with E-state index in [0.29, 0.717) is 12.8 Å². The zero-order chi connectivity index (χ0) is 24.9. The summed E-state index contributed by atoms with van der Waals surface area (Å²) in [6, 6.07) is 13.3. The van der Waals surface area contributed by atoms with Gasteiger partial charge in [-0.25, -0.2) is 13.6 Å². The fourth-order valence-corrected chi connectivity index (χ4v) is 5.07. The lowest BCUT2D eigenvalue weighted by atomic mass is 9.84. The molecule has 1 fully saturated rings. The van der Waals surface area contributed by atoms with Gasteiger partial charge in [0.05, 0.1) is 5.92 Å². The van der Waals surface area contributed by atoms with Gasteiger partial charge < -0.3 is 20.5 Å². The maximum atomic E-state index is 13.2. The lowest BCUT2D eigenvalue weighted by molar-refractivity contribution is -0.144. The van der Waals surface area contributed by atoms with Crippen molar-refractivity contribution in [3.05, 3.63) is 59.7 Å². The van der Waals surface area contributed by atoms with E-state index in [4.69, 9.17) is 4.74 Å². The number of hydrogen-bond acceptors (Lipinski definition) is 4. The first kappa shape index (κ1) is 24.6. The van der Waals surface area contributed by atoms with Crippen molar-refractivity contribution >= 4 is 18.0 Å². The normalized spacial score (nSPS) is 20.0. The molecule has 186 valence electrons. The van der Waals surface area contributed by atoms with Gasteiger partial charge in [0.15, 0.2) is 0 Å². The third kappa shape index (κ3) is 5.61. The number of aliphatic carboxylic acids is 1. The molecule has 0 spiro atoms. The number of nitrogens with one attached hydrogen (secondary N) is 2. The summed E-state index contributed by atoms with van der Waals surface area (Å²) < 4.78 is 31.7. The van der Waals surface area contributed by atoms with Crippen LogP contribution in [-0.4, -0.2) is 48.2 Å². The Hall–Kier alpha value is -3.49. The molecule has 0 aliphatic heterocycles. The number of halogens is 2. The lowest BCUT2D eigenvalue weighted by Gasteiger charge is -2.30. The Balaban J connectivity index is 1.40. The third-order valence-electron chi connectivity index (χ3n) is 6.78. The third-order valence-corrected chi connectivity index (χ3v) is 6.78. The van der Waals surface area contributed by atoms with Crippen LogP contribution in [0.15, 0.2) is 48.5 Å². The predicted octanol–water partition coefficient (Wildman–Crippen LogP) is 4.31. The van der Waals surface area contributed by atoms with E-state index in [-0.39, 0.29) is 12.5 Å². The molecule has 0 bridgehead atoms. The molecule has 0 heterocycles. The molecule has 7 nitrogen and oxygen atoms in total. The summed E-state index contributed by atoms with van der Waals surface area (Å²) >= 11 is 0. The Labute approximate surface area is 201 Å². The minimum Gasteiger partial charge on any atom is -0.481 e. The number of alkyl carbamates (subject to hydrolysis) is 1. The zero-order valence-electron chi connectivity index (χ0n) is 19.1. The van der Waals surface area contributed by atoms with E-state index in [1.165, 1.54) is 0 Å². The van der Waals surface area contributed by atoms with Gasteiger partial charge in [0.25, 0.3) is 0 Å². The maximum absolute atomic E-state index is 13.2. The van der Waals surface area contributed by atoms with Crippen molar-refractivity contribution in [2.24, 2.45) is 5.92 Å². The Morgan fingerprint density at radius 3 is 2.17 bits per heavy atom. The number of alkyl halides is 2. The van der Waals surface area contributed by atoms with Gasteiger partial charge in [0.1, 0.15) is 12.6 Å². The summed E-state index contributed by atoms with van der Waals surface area (Å²) in [5.74, 6) is -2.87. The number of ether oxygens (including phenoxy) is 1. The van der Waals surface area contributed by atoms with E-state index in [1.807, 2.05) is 48.5 Å². The van der Waals surface area contributed by atoms with Crippen LogP contribution in [0.2, 0.25) is 0 Å². The van der Waals surface area contributed by atoms with E-state index in [9.17, 15) is 28.3 Å². The second-order valence-corrected chi connectivity index (χ2v) is 8.99. The number of carboxylic acid groups (broad SMARTS) is 1. The van der Waals surface area contributed by atoms with Crippen LogP contribution in [0.5, 0.6) is 0 Å². The van der Waals surface area contributed by atoms with Gasteiger partial charge in [-0.05, 0) is 35.1 Å². The van der Waals surface area contributed by atoms with E-state index >= 15 is 0 Å². The van der Waals surface area contributed by atoms with Crippen molar-refractivity contribution in [3.8, 4) is 11.1 Å². The van der Waals surface area contributed by atoms with Crippen LogP contribution in [0, 0.1) is 5.92 Å². The standard InChI is InChI=1S/C26H28F2N2O5/c27-23(28)13-22(24(31)29-21-12-6-5-11-19(21)25(32)33)30-26(34)35-14-20-17-9-3-1-7-15(17)16-8-2-4-10-18(16)20/h1-4,7-10,19-23H,5-6,11-14H2,(H,29,31)(H,30,34)(H,32,33)/t19-,21+,22?/m1/s1. The average molecular weight is 487 g/mol. The minimum atomic E-state index is -2.85. The van der Waals surface area contributed by atoms with Gasteiger partial charge in [-0.3, -0.25) is 9.59 Å². The van der Waals surface area contributed by atoms with Gasteiger partial charge in [0, 0.05) is 18.4 Å². The van der Waals surface area contributed by atoms with Crippen molar-refractivity contribution in [2.45, 2.75) is 56.5 Å². The first-order chi connectivity index (χ1) is 16.8. The SMILES string of the molecule is O=C(NC(CC(F)F)C(=O)N[C@H]1CCCC[C@H]1C(=O)O)OCC1c2ccccc2-c2ccccc21. The van der Waals surface area contributed by atoms with Crippen molar-refractivity contribution in [1.29, 1.82) is 0 Å². The van der Waals surface area contributed by atoms with Crippen molar-refractivity contribution in [3.63, 3.8) is 0 Å². The van der Waals surface area contributed by atoms with E-state index < -0.39 is 48.8 Å². The van der Waals surface area contributed by atoms with Crippen LogP contribution in [0.25, 0.3) is 11.1 Å². The molecule has 2 amide bonds. The van der Waals surface area contributed by atoms with Gasteiger partial charge >= 0.3 is 12.1 Å². The molecule has 1 unspecified atom stereocenters. The number of benzene rings is 2. The van der Waals surface area contributed by atoms with Crippen molar-refractivity contribution in [2.75, 3.05) is 6.61 Å². The number of rotatable bonds is 8. The molecular weight excluding hydrogens is 458 g/mol. The fraction of sp³-hybridized carbons (Fsp3) is 0.423. The van der Waals surface area contributed by atoms with Gasteiger partial charge in [-0.1, -0.05) is 61.4 Å². The highest BCUT2D eigenvalue weighted by molar-refractivity contribution is 5.86. The van der Waals surface area contributed by atoms with Crippen molar-refractivity contribution in [1.82, 2.24) is 10.6 Å². The summed E-state index contributed by atoms with van der Waals surface area (Å²) in [7, 11) is 0. The number of amides is 2. The van der Waals surface area contributed by atoms with Crippen molar-refractivity contribution < 1.29 is 33.0 Å². The number of fused-ring (bicyclic) bond motifs is 3. The number of hydrogen-bond donors (Lipinski definition) is 3. The van der Waals surface area contributed by atoms with Crippen LogP contribution in [-0.2, 0) is 14.3 Å². The molecule has 0 aromatic heterocycles. The molecule has 9 heteroatoms. The summed E-state index contributed by atoms with van der Waals surface area (Å²) in [6.45, 7) is -0.0212. The second kappa shape index (κ2) is 10.8. The van der Waals surface area contributed by atoms with Gasteiger partial charge in [-0.15, -0.1) is 0 Å². The average Bonchev–Trinajstić information content (AvgIpc) is 3.16. The zero-order valence-corrected chi connectivity index (χ0v) is 19.1. The predicted molar refractivity (Wildman–Crippen MR) is 124 cm³/mol. The highest BCUT2D eigenvalue weighted by Gasteiger charge is 2.35. The largest absolute Gasteiger partial charge is 0.481 e. The molecule has 2 aromatic carbocycles. The highest BCUT2D eigenvalue weighted by Crippen LogP contribution is 2.44. The molecule has 0 radical (unpaired) electrons. The monoisotopic (exact) mass is 486 g/mol. The fourth-order valence-electron chi connectivity index (χ4n) is 5.07.